The lowest BCUT2D eigenvalue weighted by Crippen LogP contribution is -2.30. The molecule has 7 nitrogen and oxygen atoms in total. The zero-order chi connectivity index (χ0) is 21.8. The molecule has 0 aliphatic carbocycles. The van der Waals surface area contributed by atoms with Crippen molar-refractivity contribution in [2.45, 2.75) is 34.6 Å². The molecule has 1 aromatic carbocycles. The number of benzene rings is 1. The predicted octanol–water partition coefficient (Wildman–Crippen LogP) is 3.93. The van der Waals surface area contributed by atoms with E-state index in [2.05, 4.69) is 46.6 Å². The molecule has 1 heterocycles. The summed E-state index contributed by atoms with van der Waals surface area (Å²) in [6.45, 7) is 10.7. The van der Waals surface area contributed by atoms with E-state index < -0.39 is 0 Å². The Morgan fingerprint density at radius 1 is 1.17 bits per heavy atom. The summed E-state index contributed by atoms with van der Waals surface area (Å²) < 4.78 is 0. The number of hydrogen-bond donors (Lipinski definition) is 3. The standard InChI is InChI=1S/C22H31N5O2/c1-14-8-9-16(21(29)23-6)12-17(14)26-20-19(25-15(2)28)18(10-11-24-20)27(7)13-22(3,4)5/h8-12H,13H2,1-7H3,(H,23,29)(H,24,26)(H,25,28). The van der Waals surface area contributed by atoms with Gasteiger partial charge in [0.1, 0.15) is 5.69 Å². The summed E-state index contributed by atoms with van der Waals surface area (Å²) in [6.07, 6.45) is 1.71. The predicted molar refractivity (Wildman–Crippen MR) is 119 cm³/mol. The number of aryl methyl sites for hydroxylation is 1. The van der Waals surface area contributed by atoms with Crippen molar-refractivity contribution in [1.82, 2.24) is 10.3 Å². The second kappa shape index (κ2) is 8.94. The van der Waals surface area contributed by atoms with Gasteiger partial charge in [0.2, 0.25) is 5.91 Å². The maximum atomic E-state index is 12.0. The van der Waals surface area contributed by atoms with Gasteiger partial charge >= 0.3 is 0 Å². The Morgan fingerprint density at radius 2 is 1.86 bits per heavy atom. The van der Waals surface area contributed by atoms with Crippen molar-refractivity contribution in [1.29, 1.82) is 0 Å². The van der Waals surface area contributed by atoms with Crippen LogP contribution >= 0.6 is 0 Å². The van der Waals surface area contributed by atoms with E-state index in [4.69, 9.17) is 0 Å². The smallest absolute Gasteiger partial charge is 0.251 e. The van der Waals surface area contributed by atoms with Gasteiger partial charge in [-0.15, -0.1) is 0 Å². The Kier molecular flexibility index (Phi) is 6.84. The average molecular weight is 398 g/mol. The van der Waals surface area contributed by atoms with Crippen LogP contribution < -0.4 is 20.9 Å². The van der Waals surface area contributed by atoms with Gasteiger partial charge in [0.05, 0.1) is 5.69 Å². The summed E-state index contributed by atoms with van der Waals surface area (Å²) in [5.74, 6) is 0.180. The van der Waals surface area contributed by atoms with Crippen molar-refractivity contribution in [3.05, 3.63) is 41.6 Å². The van der Waals surface area contributed by atoms with Gasteiger partial charge in [0.25, 0.3) is 5.91 Å². The molecule has 0 saturated carbocycles. The van der Waals surface area contributed by atoms with Gasteiger partial charge in [-0.25, -0.2) is 4.98 Å². The number of anilines is 4. The van der Waals surface area contributed by atoms with Crippen molar-refractivity contribution < 1.29 is 9.59 Å². The van der Waals surface area contributed by atoms with Crippen molar-refractivity contribution >= 4 is 34.7 Å². The van der Waals surface area contributed by atoms with Crippen molar-refractivity contribution in [3.63, 3.8) is 0 Å². The molecule has 2 aromatic rings. The molecule has 0 unspecified atom stereocenters. The third kappa shape index (κ3) is 5.94. The number of nitrogens with one attached hydrogen (secondary N) is 3. The summed E-state index contributed by atoms with van der Waals surface area (Å²) in [5, 5.41) is 8.83. The lowest BCUT2D eigenvalue weighted by Gasteiger charge is -2.30. The van der Waals surface area contributed by atoms with Crippen LogP contribution in [0.25, 0.3) is 0 Å². The van der Waals surface area contributed by atoms with Crippen LogP contribution in [0.1, 0.15) is 43.6 Å². The number of nitrogens with zero attached hydrogens (tertiary/aromatic N) is 2. The van der Waals surface area contributed by atoms with Gasteiger partial charge in [-0.05, 0) is 36.1 Å². The number of amides is 2. The van der Waals surface area contributed by atoms with Gasteiger partial charge in [-0.3, -0.25) is 9.59 Å². The molecule has 0 atom stereocenters. The fraction of sp³-hybridized carbons (Fsp3) is 0.409. The first-order chi connectivity index (χ1) is 13.5. The molecule has 0 fully saturated rings. The molecular formula is C22H31N5O2. The first kappa shape index (κ1) is 22.2. The lowest BCUT2D eigenvalue weighted by molar-refractivity contribution is -0.114. The third-order valence-corrected chi connectivity index (χ3v) is 4.33. The monoisotopic (exact) mass is 397 g/mol. The van der Waals surface area contributed by atoms with Crippen LogP contribution in [-0.4, -0.2) is 37.4 Å². The van der Waals surface area contributed by atoms with Crippen LogP contribution in [0.5, 0.6) is 0 Å². The fourth-order valence-corrected chi connectivity index (χ4v) is 3.13. The van der Waals surface area contributed by atoms with Crippen LogP contribution in [0.15, 0.2) is 30.5 Å². The Morgan fingerprint density at radius 3 is 2.45 bits per heavy atom. The Bertz CT molecular complexity index is 903. The molecule has 2 amide bonds. The highest BCUT2D eigenvalue weighted by Crippen LogP contribution is 2.35. The molecule has 2 rings (SSSR count). The average Bonchev–Trinajstić information content (AvgIpc) is 2.62. The van der Waals surface area contributed by atoms with E-state index >= 15 is 0 Å². The van der Waals surface area contributed by atoms with Crippen molar-refractivity contribution in [2.24, 2.45) is 5.41 Å². The zero-order valence-electron chi connectivity index (χ0n) is 18.3. The molecule has 1 aromatic heterocycles. The minimum absolute atomic E-state index is 0.0809. The number of pyridine rings is 1. The summed E-state index contributed by atoms with van der Waals surface area (Å²) in [5.41, 5.74) is 3.81. The lowest BCUT2D eigenvalue weighted by atomic mass is 9.96. The molecule has 0 aliphatic heterocycles. The Labute approximate surface area is 172 Å². The minimum atomic E-state index is -0.178. The number of hydrogen-bond acceptors (Lipinski definition) is 5. The first-order valence-corrected chi connectivity index (χ1v) is 9.59. The van der Waals surface area contributed by atoms with E-state index in [9.17, 15) is 9.59 Å². The second-order valence-electron chi connectivity index (χ2n) is 8.39. The normalized spacial score (nSPS) is 11.0. The number of aromatic nitrogens is 1. The van der Waals surface area contributed by atoms with Crippen LogP contribution in [0, 0.1) is 12.3 Å². The van der Waals surface area contributed by atoms with E-state index in [0.29, 0.717) is 17.1 Å². The molecule has 29 heavy (non-hydrogen) atoms. The maximum Gasteiger partial charge on any atom is 0.251 e. The van der Waals surface area contributed by atoms with Crippen molar-refractivity contribution in [2.75, 3.05) is 36.2 Å². The van der Waals surface area contributed by atoms with Gasteiger partial charge in [0.15, 0.2) is 5.82 Å². The SMILES string of the molecule is CNC(=O)c1ccc(C)c(Nc2nccc(N(C)CC(C)(C)C)c2NC(C)=O)c1. The number of carbonyl (C=O) groups excluding carboxylic acids is 2. The van der Waals surface area contributed by atoms with E-state index in [1.165, 1.54) is 6.92 Å². The quantitative estimate of drug-likeness (QED) is 0.687. The molecule has 0 bridgehead atoms. The molecular weight excluding hydrogens is 366 g/mol. The third-order valence-electron chi connectivity index (χ3n) is 4.33. The highest BCUT2D eigenvalue weighted by Gasteiger charge is 2.20. The fourth-order valence-electron chi connectivity index (χ4n) is 3.13. The van der Waals surface area contributed by atoms with Crippen LogP contribution in [0.2, 0.25) is 0 Å². The molecule has 0 radical (unpaired) electrons. The molecule has 0 spiro atoms. The zero-order valence-corrected chi connectivity index (χ0v) is 18.3. The van der Waals surface area contributed by atoms with Gasteiger partial charge in [0, 0.05) is 45.0 Å². The number of carbonyl (C=O) groups is 2. The number of rotatable bonds is 6. The van der Waals surface area contributed by atoms with Gasteiger partial charge in [-0.2, -0.15) is 0 Å². The molecule has 156 valence electrons. The van der Waals surface area contributed by atoms with Crippen LogP contribution in [-0.2, 0) is 4.79 Å². The van der Waals surface area contributed by atoms with E-state index in [1.807, 2.05) is 26.1 Å². The molecule has 3 N–H and O–H groups in total. The van der Waals surface area contributed by atoms with Gasteiger partial charge in [-0.1, -0.05) is 26.8 Å². The summed E-state index contributed by atoms with van der Waals surface area (Å²) in [6, 6.07) is 7.31. The Hall–Kier alpha value is -3.09. The highest BCUT2D eigenvalue weighted by atomic mass is 16.2. The summed E-state index contributed by atoms with van der Waals surface area (Å²) in [4.78, 5) is 30.4. The second-order valence-corrected chi connectivity index (χ2v) is 8.39. The van der Waals surface area contributed by atoms with Gasteiger partial charge < -0.3 is 20.9 Å². The minimum Gasteiger partial charge on any atom is -0.372 e. The first-order valence-electron chi connectivity index (χ1n) is 9.59. The highest BCUT2D eigenvalue weighted by molar-refractivity contribution is 5.98. The molecule has 0 saturated heterocycles. The largest absolute Gasteiger partial charge is 0.372 e. The van der Waals surface area contributed by atoms with E-state index in [0.717, 1.165) is 23.5 Å². The van der Waals surface area contributed by atoms with Crippen LogP contribution in [0.4, 0.5) is 22.9 Å². The van der Waals surface area contributed by atoms with Crippen LogP contribution in [0.3, 0.4) is 0 Å². The topological polar surface area (TPSA) is 86.4 Å². The summed E-state index contributed by atoms with van der Waals surface area (Å²) >= 11 is 0. The maximum absolute atomic E-state index is 12.0. The van der Waals surface area contributed by atoms with E-state index in [1.54, 1.807) is 25.4 Å². The molecule has 0 aliphatic rings. The Balaban J connectivity index is 2.49. The molecule has 7 heteroatoms. The van der Waals surface area contributed by atoms with Crippen molar-refractivity contribution in [3.8, 4) is 0 Å². The van der Waals surface area contributed by atoms with E-state index in [-0.39, 0.29) is 17.2 Å². The summed E-state index contributed by atoms with van der Waals surface area (Å²) in [7, 11) is 3.59.